The van der Waals surface area contributed by atoms with Crippen LogP contribution in [0.1, 0.15) is 29.2 Å². The Labute approximate surface area is 230 Å². The topological polar surface area (TPSA) is 43.4 Å². The molecule has 0 spiro atoms. The van der Waals surface area contributed by atoms with Crippen LogP contribution in [0.2, 0.25) is 0 Å². The largest absolute Gasteiger partial charge is 0.490 e. The second-order valence-electron chi connectivity index (χ2n) is 8.97. The van der Waals surface area contributed by atoms with E-state index in [2.05, 4.69) is 95.8 Å². The van der Waals surface area contributed by atoms with E-state index in [1.165, 1.54) is 15.8 Å². The van der Waals surface area contributed by atoms with Gasteiger partial charge in [-0.05, 0) is 107 Å². The Morgan fingerprint density at radius 1 is 0.919 bits per heavy atom. The molecule has 0 aliphatic rings. The van der Waals surface area contributed by atoms with Crippen LogP contribution < -0.4 is 14.8 Å². The van der Waals surface area contributed by atoms with Crippen LogP contribution in [0, 0.1) is 13.8 Å². The molecule has 37 heavy (non-hydrogen) atoms. The molecule has 5 aromatic rings. The third kappa shape index (κ3) is 5.97. The van der Waals surface area contributed by atoms with Crippen LogP contribution in [0.5, 0.6) is 11.5 Å². The molecular weight excluding hydrogens is 544 g/mol. The lowest BCUT2D eigenvalue weighted by atomic mass is 10.1. The van der Waals surface area contributed by atoms with Gasteiger partial charge in [0.25, 0.3) is 0 Å². The zero-order valence-electron chi connectivity index (χ0n) is 21.2. The van der Waals surface area contributed by atoms with E-state index < -0.39 is 0 Å². The van der Waals surface area contributed by atoms with Crippen molar-refractivity contribution in [1.29, 1.82) is 0 Å². The van der Waals surface area contributed by atoms with Crippen molar-refractivity contribution in [2.45, 2.75) is 33.9 Å². The molecule has 0 fully saturated rings. The fourth-order valence-corrected chi connectivity index (χ4v) is 5.81. The molecule has 0 unspecified atom stereocenters. The number of nitrogens with one attached hydrogen (secondary N) is 1. The minimum atomic E-state index is 0.490. The number of fused-ring (bicyclic) bond motifs is 1. The van der Waals surface area contributed by atoms with Gasteiger partial charge in [-0.1, -0.05) is 30.3 Å². The summed E-state index contributed by atoms with van der Waals surface area (Å²) in [7, 11) is 0. The number of ether oxygens (including phenoxy) is 2. The van der Waals surface area contributed by atoms with Crippen molar-refractivity contribution in [3.05, 3.63) is 106 Å². The van der Waals surface area contributed by atoms with Crippen LogP contribution in [0.15, 0.2) is 83.3 Å². The maximum atomic E-state index is 6.19. The molecule has 1 N–H and O–H groups in total. The molecule has 0 bridgehead atoms. The maximum absolute atomic E-state index is 6.19. The van der Waals surface area contributed by atoms with E-state index in [0.29, 0.717) is 19.8 Å². The lowest BCUT2D eigenvalue weighted by Crippen LogP contribution is -2.04. The van der Waals surface area contributed by atoms with Gasteiger partial charge in [-0.2, -0.15) is 0 Å². The highest BCUT2D eigenvalue weighted by Gasteiger charge is 2.14. The fraction of sp³-hybridized carbons (Fsp3) is 0.194. The van der Waals surface area contributed by atoms with Gasteiger partial charge in [0.05, 0.1) is 21.3 Å². The first-order valence-electron chi connectivity index (χ1n) is 12.3. The molecule has 5 rings (SSSR count). The van der Waals surface area contributed by atoms with Crippen molar-refractivity contribution >= 4 is 43.2 Å². The van der Waals surface area contributed by atoms with Crippen molar-refractivity contribution in [3.63, 3.8) is 0 Å². The number of benzene rings is 4. The summed E-state index contributed by atoms with van der Waals surface area (Å²) in [6, 6.07) is 27.2. The highest BCUT2D eigenvalue weighted by Crippen LogP contribution is 2.38. The van der Waals surface area contributed by atoms with Gasteiger partial charge in [-0.25, -0.2) is 4.98 Å². The molecule has 1 heterocycles. The summed E-state index contributed by atoms with van der Waals surface area (Å²) in [5, 5.41) is 4.56. The first-order valence-corrected chi connectivity index (χ1v) is 13.9. The highest BCUT2D eigenvalue weighted by molar-refractivity contribution is 9.10. The quantitative estimate of drug-likeness (QED) is 0.191. The number of aryl methyl sites for hydroxylation is 2. The number of thiazole rings is 1. The fourth-order valence-electron chi connectivity index (χ4n) is 4.14. The predicted octanol–water partition coefficient (Wildman–Crippen LogP) is 8.93. The van der Waals surface area contributed by atoms with Crippen molar-refractivity contribution in [3.8, 4) is 22.1 Å². The second-order valence-corrected chi connectivity index (χ2v) is 10.9. The molecule has 0 saturated carbocycles. The zero-order chi connectivity index (χ0) is 25.8. The van der Waals surface area contributed by atoms with Gasteiger partial charge in [0.15, 0.2) is 11.5 Å². The molecule has 0 aliphatic carbocycles. The molecule has 4 aromatic carbocycles. The van der Waals surface area contributed by atoms with Gasteiger partial charge in [0.2, 0.25) is 0 Å². The van der Waals surface area contributed by atoms with Crippen molar-refractivity contribution in [1.82, 2.24) is 4.98 Å². The van der Waals surface area contributed by atoms with Crippen molar-refractivity contribution in [2.24, 2.45) is 0 Å². The minimum Gasteiger partial charge on any atom is -0.490 e. The second kappa shape index (κ2) is 11.4. The average molecular weight is 574 g/mol. The monoisotopic (exact) mass is 572 g/mol. The average Bonchev–Trinajstić information content (AvgIpc) is 3.32. The molecular formula is C31H29BrN2O2S. The molecule has 188 valence electrons. The summed E-state index contributed by atoms with van der Waals surface area (Å²) in [6.07, 6.45) is 0. The van der Waals surface area contributed by atoms with Gasteiger partial charge in [-0.15, -0.1) is 11.3 Å². The normalized spacial score (nSPS) is 11.0. The number of nitrogens with zero attached hydrogens (tertiary/aromatic N) is 1. The summed E-state index contributed by atoms with van der Waals surface area (Å²) < 4.78 is 14.2. The Morgan fingerprint density at radius 3 is 2.51 bits per heavy atom. The summed E-state index contributed by atoms with van der Waals surface area (Å²) in [6.45, 7) is 7.91. The van der Waals surface area contributed by atoms with Gasteiger partial charge >= 0.3 is 0 Å². The predicted molar refractivity (Wildman–Crippen MR) is 158 cm³/mol. The molecule has 0 radical (unpaired) electrons. The Bertz CT molecular complexity index is 1530. The highest BCUT2D eigenvalue weighted by atomic mass is 79.9. The SMILES string of the molecule is CCOc1cc(CNc2ccc(-c3nc4ccc(C)cc4s3)cc2)cc(Br)c1OCc1ccccc1C. The lowest BCUT2D eigenvalue weighted by molar-refractivity contribution is 0.267. The summed E-state index contributed by atoms with van der Waals surface area (Å²) in [4.78, 5) is 4.80. The minimum absolute atomic E-state index is 0.490. The Hall–Kier alpha value is -3.35. The smallest absolute Gasteiger partial charge is 0.175 e. The standard InChI is InChI=1S/C31H29BrN2O2S/c1-4-35-28-17-22(16-26(32)30(28)36-19-24-8-6-5-7-21(24)3)18-33-25-12-10-23(11-13-25)31-34-27-14-9-20(2)15-29(27)37-31/h5-17,33H,4,18-19H2,1-3H3. The van der Waals surface area contributed by atoms with Gasteiger partial charge in [0, 0.05) is 17.8 Å². The Balaban J connectivity index is 1.27. The Morgan fingerprint density at radius 2 is 1.73 bits per heavy atom. The van der Waals surface area contributed by atoms with Crippen LogP contribution in [-0.2, 0) is 13.2 Å². The number of aromatic nitrogens is 1. The van der Waals surface area contributed by atoms with Crippen LogP contribution in [-0.4, -0.2) is 11.6 Å². The number of hydrogen-bond donors (Lipinski definition) is 1. The van der Waals surface area contributed by atoms with Gasteiger partial charge in [-0.3, -0.25) is 0 Å². The summed E-state index contributed by atoms with van der Waals surface area (Å²) in [5.74, 6) is 1.47. The molecule has 0 atom stereocenters. The van der Waals surface area contributed by atoms with Gasteiger partial charge in [0.1, 0.15) is 11.6 Å². The van der Waals surface area contributed by atoms with E-state index in [0.717, 1.165) is 48.9 Å². The lowest BCUT2D eigenvalue weighted by Gasteiger charge is -2.17. The molecule has 0 amide bonds. The Kier molecular flexibility index (Phi) is 7.77. The van der Waals surface area contributed by atoms with E-state index in [4.69, 9.17) is 14.5 Å². The van der Waals surface area contributed by atoms with Gasteiger partial charge < -0.3 is 14.8 Å². The molecule has 0 aliphatic heterocycles. The number of halogens is 1. The van der Waals surface area contributed by atoms with Crippen molar-refractivity contribution < 1.29 is 9.47 Å². The van der Waals surface area contributed by atoms with Crippen molar-refractivity contribution in [2.75, 3.05) is 11.9 Å². The maximum Gasteiger partial charge on any atom is 0.175 e. The van der Waals surface area contributed by atoms with Crippen LogP contribution in [0.3, 0.4) is 0 Å². The molecule has 1 aromatic heterocycles. The van der Waals surface area contributed by atoms with Crippen LogP contribution >= 0.6 is 27.3 Å². The van der Waals surface area contributed by atoms with E-state index in [1.807, 2.05) is 25.1 Å². The third-order valence-corrected chi connectivity index (χ3v) is 7.83. The zero-order valence-corrected chi connectivity index (χ0v) is 23.6. The van der Waals surface area contributed by atoms with E-state index in [1.54, 1.807) is 11.3 Å². The van der Waals surface area contributed by atoms with E-state index >= 15 is 0 Å². The van der Waals surface area contributed by atoms with E-state index in [9.17, 15) is 0 Å². The molecule has 6 heteroatoms. The molecule has 0 saturated heterocycles. The van der Waals surface area contributed by atoms with Crippen LogP contribution in [0.4, 0.5) is 5.69 Å². The van der Waals surface area contributed by atoms with Crippen LogP contribution in [0.25, 0.3) is 20.8 Å². The van der Waals surface area contributed by atoms with E-state index in [-0.39, 0.29) is 0 Å². The summed E-state index contributed by atoms with van der Waals surface area (Å²) in [5.41, 5.74) is 7.95. The third-order valence-electron chi connectivity index (χ3n) is 6.17. The first-order chi connectivity index (χ1) is 18.0. The molecule has 4 nitrogen and oxygen atoms in total. The number of rotatable bonds is 9. The first kappa shape index (κ1) is 25.3. The summed E-state index contributed by atoms with van der Waals surface area (Å²) >= 11 is 5.43. The number of hydrogen-bond acceptors (Lipinski definition) is 5. The number of anilines is 1.